The molecule has 11 heteroatoms. The van der Waals surface area contributed by atoms with Crippen LogP contribution in [0.3, 0.4) is 0 Å². The minimum atomic E-state index is -4.68. The monoisotopic (exact) mass is 995 g/mol. The molecule has 2 aliphatic heterocycles. The molecule has 4 aromatic carbocycles. The molecular formula is C58H84MgO8P2. The third kappa shape index (κ3) is 13.8. The maximum Gasteiger partial charge on any atom is 2.00 e. The molecule has 0 fully saturated rings. The van der Waals surface area contributed by atoms with Crippen LogP contribution in [-0.4, -0.2) is 23.1 Å². The van der Waals surface area contributed by atoms with E-state index in [9.17, 15) is 18.9 Å². The first-order valence-electron chi connectivity index (χ1n) is 24.3. The normalized spacial score (nSPS) is 16.3. The minimum Gasteiger partial charge on any atom is -0.736 e. The van der Waals surface area contributed by atoms with Crippen molar-refractivity contribution in [1.82, 2.24) is 0 Å². The van der Waals surface area contributed by atoms with E-state index in [1.807, 2.05) is 0 Å². The number of hydrogen-bond acceptors (Lipinski definition) is 8. The van der Waals surface area contributed by atoms with Crippen molar-refractivity contribution in [3.05, 3.63) is 115 Å². The minimum absolute atomic E-state index is 0. The summed E-state index contributed by atoms with van der Waals surface area (Å²) in [5, 5.41) is 0. The van der Waals surface area contributed by atoms with Gasteiger partial charge in [0.15, 0.2) is 0 Å². The summed E-state index contributed by atoms with van der Waals surface area (Å²) < 4.78 is 49.5. The van der Waals surface area contributed by atoms with Gasteiger partial charge >= 0.3 is 38.7 Å². The van der Waals surface area contributed by atoms with Gasteiger partial charge in [0.1, 0.15) is 23.0 Å². The Bertz CT molecular complexity index is 2320. The number of benzene rings is 4. The quantitative estimate of drug-likeness (QED) is 0.126. The number of phosphoric ester groups is 2. The second-order valence-electron chi connectivity index (χ2n) is 27.7. The van der Waals surface area contributed by atoms with Gasteiger partial charge in [-0.05, 0) is 87.8 Å². The maximum atomic E-state index is 13.3. The second-order valence-corrected chi connectivity index (χ2v) is 30.2. The summed E-state index contributed by atoms with van der Waals surface area (Å²) in [4.78, 5) is 26.5. The zero-order chi connectivity index (χ0) is 52.1. The molecule has 0 aromatic heterocycles. The van der Waals surface area contributed by atoms with Crippen LogP contribution in [0.25, 0.3) is 0 Å². The Balaban J connectivity index is 0.000000296. The van der Waals surface area contributed by atoms with Gasteiger partial charge in [0.25, 0.3) is 0 Å². The Labute approximate surface area is 433 Å². The molecule has 8 nitrogen and oxygen atoms in total. The Morgan fingerprint density at radius 2 is 0.478 bits per heavy atom. The Kier molecular flexibility index (Phi) is 16.1. The summed E-state index contributed by atoms with van der Waals surface area (Å²) >= 11 is 0. The van der Waals surface area contributed by atoms with Gasteiger partial charge < -0.3 is 27.9 Å². The van der Waals surface area contributed by atoms with Gasteiger partial charge in [-0.2, -0.15) is 0 Å². The fraction of sp³-hybridized carbons (Fsp3) is 0.586. The molecule has 69 heavy (non-hydrogen) atoms. The van der Waals surface area contributed by atoms with Crippen molar-refractivity contribution in [3.63, 3.8) is 0 Å². The zero-order valence-corrected chi connectivity index (χ0v) is 50.1. The number of fused-ring (bicyclic) bond motifs is 4. The van der Waals surface area contributed by atoms with Crippen LogP contribution in [0.4, 0.5) is 0 Å². The Hall–Kier alpha value is -2.77. The van der Waals surface area contributed by atoms with Crippen LogP contribution in [0.5, 0.6) is 23.0 Å². The Morgan fingerprint density at radius 3 is 0.609 bits per heavy atom. The molecule has 0 saturated carbocycles. The smallest absolute Gasteiger partial charge is 0.736 e. The van der Waals surface area contributed by atoms with E-state index in [1.54, 1.807) is 0 Å². The van der Waals surface area contributed by atoms with Crippen LogP contribution >= 0.6 is 15.6 Å². The van der Waals surface area contributed by atoms with Crippen LogP contribution in [0.15, 0.2) is 48.5 Å². The molecular weight excluding hydrogens is 911 g/mol. The Morgan fingerprint density at radius 1 is 0.319 bits per heavy atom. The number of hydrogen-bond donors (Lipinski definition) is 0. The van der Waals surface area contributed by atoms with Crippen LogP contribution in [0.2, 0.25) is 0 Å². The van der Waals surface area contributed by atoms with Gasteiger partial charge in [-0.1, -0.05) is 215 Å². The van der Waals surface area contributed by atoms with Gasteiger partial charge in [0.2, 0.25) is 0 Å². The molecule has 2 aliphatic rings. The molecule has 0 saturated heterocycles. The largest absolute Gasteiger partial charge is 2.00 e. The predicted octanol–water partition coefficient (Wildman–Crippen LogP) is 15.0. The van der Waals surface area contributed by atoms with Gasteiger partial charge in [-0.3, -0.25) is 0 Å². The molecule has 0 unspecified atom stereocenters. The summed E-state index contributed by atoms with van der Waals surface area (Å²) in [6.07, 6.45) is 1.06. The summed E-state index contributed by atoms with van der Waals surface area (Å²) in [6.45, 7) is 51.1. The third-order valence-electron chi connectivity index (χ3n) is 12.9. The van der Waals surface area contributed by atoms with E-state index in [1.165, 1.54) is 0 Å². The topological polar surface area (TPSA) is 117 Å². The van der Waals surface area contributed by atoms with E-state index in [4.69, 9.17) is 18.1 Å². The molecule has 0 amide bonds. The van der Waals surface area contributed by atoms with Gasteiger partial charge in [-0.25, -0.2) is 9.13 Å². The first kappa shape index (κ1) is 58.8. The van der Waals surface area contributed by atoms with Crippen molar-refractivity contribution in [1.29, 1.82) is 0 Å². The van der Waals surface area contributed by atoms with E-state index in [0.717, 1.165) is 66.8 Å². The SMILES string of the molecule is CC(C)(C)c1cc2c(c(C(C)(C)C)c1)OP(=O)([O-])Oc1c(cc(C(C)(C)C)cc1C(C)(C)C)C2.CC(C)(C)c1cc2c(c(C(C)(C)C)c1)OP(=O)([O-])Oc1c(cc(C(C)(C)C)cc1C(C)(C)C)C2.[Mg+2]. The van der Waals surface area contributed by atoms with Crippen molar-refractivity contribution in [2.45, 2.75) is 222 Å². The standard InChI is InChI=1S/2C29H43O4P.Mg/c2*1-26(2,3)20-14-18-13-19-15-21(27(4,5)6)17-23(29(10,11)12)25(19)33-34(30,31)32-24(18)22(16-20)28(7,8)9;/h2*14-17H,13H2,1-12H3,(H,30,31);/q;;+2/p-2. The fourth-order valence-corrected chi connectivity index (χ4v) is 10.4. The van der Waals surface area contributed by atoms with Crippen molar-refractivity contribution in [2.75, 3.05) is 0 Å². The van der Waals surface area contributed by atoms with E-state index in [-0.39, 0.29) is 66.4 Å². The summed E-state index contributed by atoms with van der Waals surface area (Å²) in [5.74, 6) is 1.62. The molecule has 0 bridgehead atoms. The van der Waals surface area contributed by atoms with Gasteiger partial charge in [0, 0.05) is 35.1 Å². The van der Waals surface area contributed by atoms with E-state index >= 15 is 0 Å². The molecule has 0 spiro atoms. The van der Waals surface area contributed by atoms with Crippen molar-refractivity contribution in [2.24, 2.45) is 0 Å². The van der Waals surface area contributed by atoms with Crippen molar-refractivity contribution >= 4 is 38.7 Å². The molecule has 0 radical (unpaired) electrons. The second kappa shape index (κ2) is 18.9. The molecule has 6 rings (SSSR count). The zero-order valence-electron chi connectivity index (χ0n) is 46.9. The van der Waals surface area contributed by atoms with E-state index < -0.39 is 15.6 Å². The molecule has 0 aliphatic carbocycles. The molecule has 2 heterocycles. The third-order valence-corrected chi connectivity index (χ3v) is 14.6. The van der Waals surface area contributed by atoms with Crippen LogP contribution in [0, 0.1) is 0 Å². The first-order chi connectivity index (χ1) is 30.2. The van der Waals surface area contributed by atoms with Crippen LogP contribution < -0.4 is 27.9 Å². The summed E-state index contributed by atoms with van der Waals surface area (Å²) in [5.41, 5.74) is 10.0. The maximum absolute atomic E-state index is 13.3. The fourth-order valence-electron chi connectivity index (χ4n) is 8.57. The average molecular weight is 996 g/mol. The number of rotatable bonds is 0. The molecule has 0 N–H and O–H groups in total. The first-order valence-corrected chi connectivity index (χ1v) is 27.2. The molecule has 0 atom stereocenters. The van der Waals surface area contributed by atoms with Crippen molar-refractivity contribution < 1.29 is 37.0 Å². The summed E-state index contributed by atoms with van der Waals surface area (Å²) in [6, 6.07) is 16.8. The van der Waals surface area contributed by atoms with Gasteiger partial charge in [-0.15, -0.1) is 0 Å². The average Bonchev–Trinajstić information content (AvgIpc) is 3.08. The van der Waals surface area contributed by atoms with E-state index in [2.05, 4.69) is 215 Å². The number of phosphoric acid groups is 2. The molecule has 376 valence electrons. The predicted molar refractivity (Wildman–Crippen MR) is 284 cm³/mol. The molecule has 4 aromatic rings. The van der Waals surface area contributed by atoms with Crippen LogP contribution in [0.1, 0.15) is 233 Å². The van der Waals surface area contributed by atoms with Crippen molar-refractivity contribution in [3.8, 4) is 23.0 Å². The van der Waals surface area contributed by atoms with E-state index in [0.29, 0.717) is 35.8 Å². The summed E-state index contributed by atoms with van der Waals surface area (Å²) in [7, 11) is -9.35. The van der Waals surface area contributed by atoms with Gasteiger partial charge in [0.05, 0.1) is 0 Å². The van der Waals surface area contributed by atoms with Crippen LogP contribution in [-0.2, 0) is 65.3 Å².